The number of nitrogens with one attached hydrogen (secondary N) is 1. The van der Waals surface area contributed by atoms with Crippen LogP contribution in [0.4, 0.5) is 0 Å². The van der Waals surface area contributed by atoms with Gasteiger partial charge in [0, 0.05) is 17.1 Å². The van der Waals surface area contributed by atoms with Gasteiger partial charge in [0.25, 0.3) is 5.91 Å². The molecule has 0 aliphatic heterocycles. The van der Waals surface area contributed by atoms with Crippen LogP contribution in [0.25, 0.3) is 0 Å². The standard InChI is InChI=1S/C23H21BrN2O3S/c1-29-21-12-18(11-20(24)22(21)27)13-25-26-23(28)19-9-7-17(8-10-19)15-30-14-16-5-3-2-4-6-16/h2-13,27H,14-15H2,1H3,(H,26,28)/b25-13-. The van der Waals surface area contributed by atoms with E-state index in [2.05, 4.69) is 38.6 Å². The summed E-state index contributed by atoms with van der Waals surface area (Å²) in [7, 11) is 1.47. The summed E-state index contributed by atoms with van der Waals surface area (Å²) >= 11 is 5.09. The van der Waals surface area contributed by atoms with Crippen molar-refractivity contribution in [1.82, 2.24) is 5.43 Å². The molecule has 0 aliphatic rings. The van der Waals surface area contributed by atoms with E-state index in [1.165, 1.54) is 18.9 Å². The number of benzene rings is 3. The van der Waals surface area contributed by atoms with E-state index in [1.54, 1.807) is 24.3 Å². The van der Waals surface area contributed by atoms with Gasteiger partial charge in [0.15, 0.2) is 11.5 Å². The number of hydrogen-bond acceptors (Lipinski definition) is 5. The number of thioether (sulfide) groups is 1. The second-order valence-electron chi connectivity index (χ2n) is 6.43. The molecule has 7 heteroatoms. The summed E-state index contributed by atoms with van der Waals surface area (Å²) in [6.07, 6.45) is 1.49. The number of ether oxygens (including phenoxy) is 1. The van der Waals surface area contributed by atoms with Crippen molar-refractivity contribution in [2.45, 2.75) is 11.5 Å². The third kappa shape index (κ3) is 6.11. The van der Waals surface area contributed by atoms with Gasteiger partial charge in [-0.2, -0.15) is 16.9 Å². The molecule has 2 N–H and O–H groups in total. The second-order valence-corrected chi connectivity index (χ2v) is 8.27. The summed E-state index contributed by atoms with van der Waals surface area (Å²) in [5, 5.41) is 13.8. The number of aromatic hydroxyl groups is 1. The zero-order valence-electron chi connectivity index (χ0n) is 16.3. The summed E-state index contributed by atoms with van der Waals surface area (Å²) in [6.45, 7) is 0. The van der Waals surface area contributed by atoms with Gasteiger partial charge in [0.1, 0.15) is 0 Å². The van der Waals surface area contributed by atoms with Gasteiger partial charge in [-0.05, 0) is 56.9 Å². The Labute approximate surface area is 188 Å². The zero-order chi connectivity index (χ0) is 21.3. The number of methoxy groups -OCH3 is 1. The Kier molecular flexibility index (Phi) is 7.93. The number of phenols is 1. The number of carbonyl (C=O) groups is 1. The van der Waals surface area contributed by atoms with Gasteiger partial charge in [-0.3, -0.25) is 4.79 Å². The molecular weight excluding hydrogens is 464 g/mol. The minimum absolute atomic E-state index is 0.0145. The van der Waals surface area contributed by atoms with E-state index in [9.17, 15) is 9.90 Å². The minimum Gasteiger partial charge on any atom is -0.503 e. The topological polar surface area (TPSA) is 70.9 Å². The lowest BCUT2D eigenvalue weighted by molar-refractivity contribution is 0.0955. The SMILES string of the molecule is COc1cc(/C=N\NC(=O)c2ccc(CSCc3ccccc3)cc2)cc(Br)c1O. The molecule has 0 atom stereocenters. The predicted molar refractivity (Wildman–Crippen MR) is 125 cm³/mol. The molecule has 3 rings (SSSR count). The lowest BCUT2D eigenvalue weighted by Crippen LogP contribution is -2.17. The molecule has 154 valence electrons. The van der Waals surface area contributed by atoms with Gasteiger partial charge in [0.2, 0.25) is 0 Å². The van der Waals surface area contributed by atoms with Crippen molar-refractivity contribution in [3.8, 4) is 11.5 Å². The third-order valence-electron chi connectivity index (χ3n) is 4.25. The molecule has 0 bridgehead atoms. The number of halogens is 1. The first kappa shape index (κ1) is 21.9. The number of hydrazone groups is 1. The minimum atomic E-state index is -0.292. The Hall–Kier alpha value is -2.77. The summed E-state index contributed by atoms with van der Waals surface area (Å²) in [5.41, 5.74) is 6.18. The Morgan fingerprint density at radius 2 is 1.77 bits per heavy atom. The number of nitrogens with zero attached hydrogens (tertiary/aromatic N) is 1. The maximum Gasteiger partial charge on any atom is 0.271 e. The Balaban J connectivity index is 1.52. The van der Waals surface area contributed by atoms with E-state index < -0.39 is 0 Å². The van der Waals surface area contributed by atoms with E-state index in [4.69, 9.17) is 4.74 Å². The maximum absolute atomic E-state index is 12.3. The first-order valence-corrected chi connectivity index (χ1v) is 11.1. The van der Waals surface area contributed by atoms with Crippen LogP contribution < -0.4 is 10.2 Å². The highest BCUT2D eigenvalue weighted by atomic mass is 79.9. The fourth-order valence-electron chi connectivity index (χ4n) is 2.67. The Morgan fingerprint density at radius 1 is 1.10 bits per heavy atom. The van der Waals surface area contributed by atoms with Gasteiger partial charge in [-0.25, -0.2) is 5.43 Å². The lowest BCUT2D eigenvalue weighted by atomic mass is 10.1. The zero-order valence-corrected chi connectivity index (χ0v) is 18.7. The number of amides is 1. The van der Waals surface area contributed by atoms with Crippen LogP contribution in [0.5, 0.6) is 11.5 Å². The van der Waals surface area contributed by atoms with Crippen LogP contribution in [0, 0.1) is 0 Å². The van der Waals surface area contributed by atoms with Crippen LogP contribution in [-0.2, 0) is 11.5 Å². The smallest absolute Gasteiger partial charge is 0.271 e. The molecule has 0 heterocycles. The summed E-state index contributed by atoms with van der Waals surface area (Å²) in [5.74, 6) is 1.88. The number of rotatable bonds is 8. The molecule has 0 spiro atoms. The molecule has 0 aliphatic carbocycles. The normalized spacial score (nSPS) is 10.9. The molecule has 0 saturated carbocycles. The average Bonchev–Trinajstić information content (AvgIpc) is 2.77. The quantitative estimate of drug-likeness (QED) is 0.333. The number of hydrogen-bond donors (Lipinski definition) is 2. The molecule has 30 heavy (non-hydrogen) atoms. The molecule has 0 saturated heterocycles. The lowest BCUT2D eigenvalue weighted by Gasteiger charge is -2.06. The van der Waals surface area contributed by atoms with Crippen molar-refractivity contribution in [3.63, 3.8) is 0 Å². The summed E-state index contributed by atoms with van der Waals surface area (Å²) < 4.78 is 5.58. The van der Waals surface area contributed by atoms with Crippen LogP contribution in [0.15, 0.2) is 76.3 Å². The van der Waals surface area contributed by atoms with Gasteiger partial charge in [-0.15, -0.1) is 0 Å². The summed E-state index contributed by atoms with van der Waals surface area (Å²) in [4.78, 5) is 12.3. The predicted octanol–water partition coefficient (Wildman–Crippen LogP) is 5.36. The van der Waals surface area contributed by atoms with Crippen LogP contribution >= 0.6 is 27.7 Å². The van der Waals surface area contributed by atoms with Crippen molar-refractivity contribution in [1.29, 1.82) is 0 Å². The summed E-state index contributed by atoms with van der Waals surface area (Å²) in [6, 6.07) is 21.1. The highest BCUT2D eigenvalue weighted by Crippen LogP contribution is 2.34. The van der Waals surface area contributed by atoms with Crippen molar-refractivity contribution >= 4 is 39.8 Å². The molecule has 0 fully saturated rings. The fraction of sp³-hybridized carbons (Fsp3) is 0.130. The third-order valence-corrected chi connectivity index (χ3v) is 5.93. The molecular formula is C23H21BrN2O3S. The number of carbonyl (C=O) groups excluding carboxylic acids is 1. The van der Waals surface area contributed by atoms with Crippen molar-refractivity contribution in [2.24, 2.45) is 5.10 Å². The first-order chi connectivity index (χ1) is 14.6. The van der Waals surface area contributed by atoms with E-state index in [0.717, 1.165) is 17.1 Å². The van der Waals surface area contributed by atoms with Crippen LogP contribution in [0.1, 0.15) is 27.0 Å². The molecule has 0 unspecified atom stereocenters. The van der Waals surface area contributed by atoms with Gasteiger partial charge >= 0.3 is 0 Å². The van der Waals surface area contributed by atoms with Crippen LogP contribution in [0.2, 0.25) is 0 Å². The average molecular weight is 485 g/mol. The molecule has 1 amide bonds. The van der Waals surface area contributed by atoms with Gasteiger partial charge in [0.05, 0.1) is 17.8 Å². The van der Waals surface area contributed by atoms with E-state index in [-0.39, 0.29) is 11.7 Å². The van der Waals surface area contributed by atoms with E-state index in [0.29, 0.717) is 21.3 Å². The highest BCUT2D eigenvalue weighted by Gasteiger charge is 2.08. The van der Waals surface area contributed by atoms with Crippen molar-refractivity contribution < 1.29 is 14.6 Å². The highest BCUT2D eigenvalue weighted by molar-refractivity contribution is 9.10. The van der Waals surface area contributed by atoms with Crippen molar-refractivity contribution in [2.75, 3.05) is 7.11 Å². The monoisotopic (exact) mass is 484 g/mol. The van der Waals surface area contributed by atoms with Gasteiger partial charge < -0.3 is 9.84 Å². The second kappa shape index (κ2) is 10.8. The van der Waals surface area contributed by atoms with Crippen molar-refractivity contribution in [3.05, 3.63) is 93.5 Å². The molecule has 3 aromatic carbocycles. The Morgan fingerprint density at radius 3 is 2.43 bits per heavy atom. The van der Waals surface area contributed by atoms with Crippen LogP contribution in [0.3, 0.4) is 0 Å². The van der Waals surface area contributed by atoms with E-state index in [1.807, 2.05) is 42.1 Å². The largest absolute Gasteiger partial charge is 0.503 e. The molecule has 5 nitrogen and oxygen atoms in total. The molecule has 0 radical (unpaired) electrons. The maximum atomic E-state index is 12.3. The van der Waals surface area contributed by atoms with E-state index >= 15 is 0 Å². The number of phenolic OH excluding ortho intramolecular Hbond substituents is 1. The van der Waals surface area contributed by atoms with Gasteiger partial charge in [-0.1, -0.05) is 42.5 Å². The van der Waals surface area contributed by atoms with Crippen LogP contribution in [-0.4, -0.2) is 24.3 Å². The first-order valence-electron chi connectivity index (χ1n) is 9.17. The molecule has 3 aromatic rings. The molecule has 0 aromatic heterocycles. The Bertz CT molecular complexity index is 1020. The fourth-order valence-corrected chi connectivity index (χ4v) is 4.09.